The summed E-state index contributed by atoms with van der Waals surface area (Å²) in [5, 5.41) is 8.23. The zero-order valence-corrected chi connectivity index (χ0v) is 13.4. The van der Waals surface area contributed by atoms with Gasteiger partial charge in [0.05, 0.1) is 12.5 Å². The predicted molar refractivity (Wildman–Crippen MR) is 91.6 cm³/mol. The highest BCUT2D eigenvalue weighted by Gasteiger charge is 2.26. The molecule has 2 aliphatic heterocycles. The average Bonchev–Trinajstić information content (AvgIpc) is 2.55. The average molecular weight is 348 g/mol. The fraction of sp³-hybridized carbons (Fsp3) is 0.167. The molecule has 1 atom stereocenters. The molecule has 7 heteroatoms. The molecule has 5 nitrogen and oxygen atoms in total. The number of rotatable bonds is 4. The number of fused-ring (bicyclic) bond motifs is 1. The van der Waals surface area contributed by atoms with Crippen LogP contribution < -0.4 is 16.0 Å². The summed E-state index contributed by atoms with van der Waals surface area (Å²) < 4.78 is 26.7. The van der Waals surface area contributed by atoms with Crippen LogP contribution in [0.5, 0.6) is 0 Å². The van der Waals surface area contributed by atoms with E-state index in [0.29, 0.717) is 11.6 Å². The summed E-state index contributed by atoms with van der Waals surface area (Å²) in [5.74, 6) is -2.19. The number of benzene rings is 1. The molecule has 0 aromatic heterocycles. The Morgan fingerprint density at radius 3 is 2.92 bits per heavy atom. The number of halogens is 2. The van der Waals surface area contributed by atoms with Crippen molar-refractivity contribution >= 4 is 11.8 Å². The molecule has 0 saturated carbocycles. The van der Waals surface area contributed by atoms with Crippen molar-refractivity contribution in [3.05, 3.63) is 77.1 Å². The first-order chi connectivity index (χ1) is 11.9. The normalized spacial score (nSPS) is 17.6. The maximum atomic E-state index is 13.8. The molecular weight excluding hydrogens is 328 g/mol. The Kier molecular flexibility index (Phi) is 4.65. The van der Waals surface area contributed by atoms with E-state index in [2.05, 4.69) is 16.0 Å². The van der Waals surface area contributed by atoms with Gasteiger partial charge >= 0.3 is 0 Å². The third kappa shape index (κ3) is 3.76. The largest absolute Gasteiger partial charge is 0.367 e. The number of nitrogens with one attached hydrogen (secondary N) is 3. The van der Waals surface area contributed by atoms with Gasteiger partial charge in [-0.2, -0.15) is 0 Å². The van der Waals surface area contributed by atoms with Gasteiger partial charge in [-0.1, -0.05) is 6.07 Å². The van der Waals surface area contributed by atoms with Crippen LogP contribution in [0.3, 0.4) is 0 Å². The van der Waals surface area contributed by atoms with E-state index in [0.717, 1.165) is 17.7 Å². The van der Waals surface area contributed by atoms with Crippen LogP contribution in [0.4, 0.5) is 8.78 Å². The molecule has 2 heterocycles. The molecular formula is C18H20F2N3O2. The zero-order chi connectivity index (χ0) is 18.0. The first-order valence-electron chi connectivity index (χ1n) is 7.70. The van der Waals surface area contributed by atoms with Gasteiger partial charge in [-0.3, -0.25) is 9.59 Å². The molecule has 1 radical (unpaired) electrons. The Hall–Kier alpha value is -2.96. The smallest absolute Gasteiger partial charge is 0.248 e. The molecule has 2 amide bonds. The number of carbonyl (C=O) groups excluding carboxylic acids is 2. The highest BCUT2D eigenvalue weighted by Crippen LogP contribution is 2.24. The second-order valence-electron chi connectivity index (χ2n) is 5.77. The Morgan fingerprint density at radius 2 is 2.16 bits per heavy atom. The van der Waals surface area contributed by atoms with E-state index in [4.69, 9.17) is 0 Å². The van der Waals surface area contributed by atoms with Gasteiger partial charge in [-0.05, 0) is 31.3 Å². The van der Waals surface area contributed by atoms with Crippen LogP contribution in [0.2, 0.25) is 0 Å². The summed E-state index contributed by atoms with van der Waals surface area (Å²) in [6.45, 7) is 1.59. The minimum Gasteiger partial charge on any atom is -0.367 e. The lowest BCUT2D eigenvalue weighted by Gasteiger charge is -2.24. The van der Waals surface area contributed by atoms with Crippen molar-refractivity contribution in [3.8, 4) is 0 Å². The van der Waals surface area contributed by atoms with E-state index in [1.165, 1.54) is 6.07 Å². The van der Waals surface area contributed by atoms with E-state index in [1.807, 2.05) is 0 Å². The van der Waals surface area contributed by atoms with Crippen LogP contribution in [-0.2, 0) is 9.59 Å². The minimum atomic E-state index is -0.730. The van der Waals surface area contributed by atoms with Gasteiger partial charge in [0.25, 0.3) is 0 Å². The standard InChI is InChI=1S/C18H16F2N3O2.2H2/c1-10(14-3-2-13(19)8-15(14)20)22-17(24)7-11-6-12-9-21-5-4-16(12)23-18(11)25;;/h2-6,8-10,21H,7H2,1H3,(H,22,24)(H,23,25);2*1H/t10-;;/m0../s1. The third-order valence-corrected chi connectivity index (χ3v) is 3.92. The lowest BCUT2D eigenvalue weighted by molar-refractivity contribution is -0.123. The molecule has 133 valence electrons. The highest BCUT2D eigenvalue weighted by atomic mass is 19.1. The molecule has 2 aliphatic rings. The zero-order valence-electron chi connectivity index (χ0n) is 13.4. The first-order valence-corrected chi connectivity index (χ1v) is 7.70. The minimum absolute atomic E-state index is 0. The van der Waals surface area contributed by atoms with E-state index in [-0.39, 0.29) is 20.7 Å². The summed E-state index contributed by atoms with van der Waals surface area (Å²) in [7, 11) is 0. The quantitative estimate of drug-likeness (QED) is 0.783. The van der Waals surface area contributed by atoms with Crippen LogP contribution >= 0.6 is 0 Å². The van der Waals surface area contributed by atoms with E-state index >= 15 is 0 Å². The maximum Gasteiger partial charge on any atom is 0.248 e. The van der Waals surface area contributed by atoms with Crippen molar-refractivity contribution in [1.82, 2.24) is 16.0 Å². The lowest BCUT2D eigenvalue weighted by atomic mass is 9.96. The lowest BCUT2D eigenvalue weighted by Crippen LogP contribution is -2.37. The Balaban J connectivity index is 0.00000182. The van der Waals surface area contributed by atoms with Crippen LogP contribution in [0.1, 0.15) is 27.8 Å². The van der Waals surface area contributed by atoms with Gasteiger partial charge in [0.1, 0.15) is 17.7 Å². The number of hydrogen-bond donors (Lipinski definition) is 3. The van der Waals surface area contributed by atoms with E-state index < -0.39 is 23.6 Å². The fourth-order valence-corrected chi connectivity index (χ4v) is 2.66. The van der Waals surface area contributed by atoms with Gasteiger partial charge in [-0.15, -0.1) is 0 Å². The maximum absolute atomic E-state index is 13.8. The summed E-state index contributed by atoms with van der Waals surface area (Å²) >= 11 is 0. The number of dihydropyridines is 1. The van der Waals surface area contributed by atoms with Crippen molar-refractivity contribution in [3.63, 3.8) is 0 Å². The van der Waals surface area contributed by atoms with Crippen molar-refractivity contribution in [1.29, 1.82) is 0 Å². The van der Waals surface area contributed by atoms with Gasteiger partial charge in [0, 0.05) is 31.8 Å². The number of amides is 2. The van der Waals surface area contributed by atoms with Crippen molar-refractivity contribution < 1.29 is 21.2 Å². The molecule has 3 rings (SSSR count). The molecule has 0 fully saturated rings. The molecule has 1 aromatic carbocycles. The Morgan fingerprint density at radius 1 is 1.36 bits per heavy atom. The van der Waals surface area contributed by atoms with E-state index in [1.54, 1.807) is 31.5 Å². The van der Waals surface area contributed by atoms with Gasteiger partial charge in [-0.25, -0.2) is 8.78 Å². The summed E-state index contributed by atoms with van der Waals surface area (Å²) in [6.07, 6.45) is 6.60. The van der Waals surface area contributed by atoms with Crippen LogP contribution in [0.15, 0.2) is 53.9 Å². The van der Waals surface area contributed by atoms with Crippen molar-refractivity contribution in [2.75, 3.05) is 0 Å². The molecule has 0 bridgehead atoms. The summed E-state index contributed by atoms with van der Waals surface area (Å²) in [6, 6.07) is 3.19. The van der Waals surface area contributed by atoms with Gasteiger partial charge in [0.2, 0.25) is 11.8 Å². The summed E-state index contributed by atoms with van der Waals surface area (Å²) in [4.78, 5) is 24.3. The molecule has 0 saturated heterocycles. The van der Waals surface area contributed by atoms with Crippen LogP contribution in [0.25, 0.3) is 0 Å². The molecule has 3 N–H and O–H groups in total. The monoisotopic (exact) mass is 348 g/mol. The molecule has 0 aliphatic carbocycles. The Labute approximate surface area is 146 Å². The Bertz CT molecular complexity index is 825. The topological polar surface area (TPSA) is 70.2 Å². The van der Waals surface area contributed by atoms with Gasteiger partial charge < -0.3 is 16.0 Å². The summed E-state index contributed by atoms with van der Waals surface area (Å²) in [5.41, 5.74) is 1.25. The number of carbonyl (C=O) groups is 2. The second kappa shape index (κ2) is 6.88. The second-order valence-corrected chi connectivity index (χ2v) is 5.77. The van der Waals surface area contributed by atoms with Crippen molar-refractivity contribution in [2.45, 2.75) is 19.4 Å². The predicted octanol–water partition coefficient (Wildman–Crippen LogP) is 2.61. The van der Waals surface area contributed by atoms with Crippen LogP contribution in [-0.4, -0.2) is 11.8 Å². The van der Waals surface area contributed by atoms with Gasteiger partial charge in [0.15, 0.2) is 0 Å². The molecule has 25 heavy (non-hydrogen) atoms. The molecule has 0 spiro atoms. The molecule has 1 aromatic rings. The highest BCUT2D eigenvalue weighted by molar-refractivity contribution is 6.02. The molecule has 0 unspecified atom stereocenters. The SMILES string of the molecule is C[C@H](NC(=O)CC1=CC2=CNC=C[C]2NC1=O)c1ccc(F)cc1F.[HH].[HH]. The fourth-order valence-electron chi connectivity index (χ4n) is 2.66. The van der Waals surface area contributed by atoms with E-state index in [9.17, 15) is 18.4 Å². The van der Waals surface area contributed by atoms with Crippen LogP contribution in [0, 0.1) is 17.7 Å². The van der Waals surface area contributed by atoms with Crippen molar-refractivity contribution in [2.24, 2.45) is 0 Å². The first kappa shape index (κ1) is 16.9. The number of hydrogen-bond acceptors (Lipinski definition) is 3. The third-order valence-electron chi connectivity index (χ3n) is 3.92.